The van der Waals surface area contributed by atoms with Crippen LogP contribution in [-0.4, -0.2) is 28.0 Å². The van der Waals surface area contributed by atoms with Gasteiger partial charge in [-0.25, -0.2) is 9.18 Å². The van der Waals surface area contributed by atoms with Gasteiger partial charge in [-0.1, -0.05) is 30.3 Å². The van der Waals surface area contributed by atoms with E-state index < -0.39 is 17.7 Å². The normalized spacial score (nSPS) is 11.1. The first-order valence-corrected chi connectivity index (χ1v) is 10.6. The number of benzene rings is 3. The fourth-order valence-electron chi connectivity index (χ4n) is 3.20. The van der Waals surface area contributed by atoms with Crippen molar-refractivity contribution in [1.29, 1.82) is 0 Å². The van der Waals surface area contributed by atoms with Crippen LogP contribution in [0.2, 0.25) is 0 Å². The number of aromatic nitrogens is 3. The average Bonchev–Trinajstić information content (AvgIpc) is 2.87. The summed E-state index contributed by atoms with van der Waals surface area (Å²) >= 11 is 0. The first kappa shape index (κ1) is 24.6. The average molecular weight is 497 g/mol. The van der Waals surface area contributed by atoms with E-state index in [9.17, 15) is 22.4 Å². The largest absolute Gasteiger partial charge is 0.465 e. The van der Waals surface area contributed by atoms with E-state index in [4.69, 9.17) is 4.74 Å². The summed E-state index contributed by atoms with van der Waals surface area (Å²) in [5.41, 5.74) is 0.921. The minimum atomic E-state index is -4.51. The number of halogens is 4. The van der Waals surface area contributed by atoms with Gasteiger partial charge in [0.2, 0.25) is 11.9 Å². The Bertz CT molecular complexity index is 1360. The van der Waals surface area contributed by atoms with E-state index in [0.717, 1.165) is 17.7 Å². The zero-order valence-corrected chi connectivity index (χ0v) is 18.8. The first-order valence-electron chi connectivity index (χ1n) is 10.6. The molecule has 0 saturated heterocycles. The summed E-state index contributed by atoms with van der Waals surface area (Å²) < 4.78 is 57.3. The van der Waals surface area contributed by atoms with E-state index in [1.807, 2.05) is 0 Å². The molecule has 0 fully saturated rings. The number of esters is 1. The van der Waals surface area contributed by atoms with Gasteiger partial charge in [0.15, 0.2) is 5.82 Å². The van der Waals surface area contributed by atoms with Gasteiger partial charge in [0.25, 0.3) is 0 Å². The summed E-state index contributed by atoms with van der Waals surface area (Å²) in [6, 6.07) is 16.8. The molecule has 0 aliphatic rings. The maximum Gasteiger partial charge on any atom is 0.416 e. The molecule has 0 aliphatic carbocycles. The van der Waals surface area contributed by atoms with Crippen molar-refractivity contribution in [3.8, 4) is 11.4 Å². The van der Waals surface area contributed by atoms with Crippen LogP contribution in [0.5, 0.6) is 0 Å². The lowest BCUT2D eigenvalue weighted by Crippen LogP contribution is -2.09. The second kappa shape index (κ2) is 10.4. The number of hydrogen-bond donors (Lipinski definition) is 2. The lowest BCUT2D eigenvalue weighted by atomic mass is 10.1. The smallest absolute Gasteiger partial charge is 0.416 e. The molecule has 2 N–H and O–H groups in total. The molecule has 0 spiro atoms. The molecule has 4 rings (SSSR count). The van der Waals surface area contributed by atoms with Crippen LogP contribution >= 0.6 is 0 Å². The maximum absolute atomic E-state index is 13.2. The Morgan fingerprint density at radius 1 is 0.917 bits per heavy atom. The number of carbonyl (C=O) groups is 1. The Morgan fingerprint density at radius 3 is 2.28 bits per heavy atom. The summed E-state index contributed by atoms with van der Waals surface area (Å²) in [5.74, 6) is -0.541. The minimum absolute atomic E-state index is 0.00187. The summed E-state index contributed by atoms with van der Waals surface area (Å²) in [6.45, 7) is 0.258. The highest BCUT2D eigenvalue weighted by Gasteiger charge is 2.30. The molecule has 184 valence electrons. The number of anilines is 3. The van der Waals surface area contributed by atoms with Crippen molar-refractivity contribution in [3.63, 3.8) is 0 Å². The number of nitrogens with zero attached hydrogens (tertiary/aromatic N) is 3. The molecule has 0 aliphatic heterocycles. The lowest BCUT2D eigenvalue weighted by molar-refractivity contribution is -0.137. The zero-order valence-electron chi connectivity index (χ0n) is 18.8. The van der Waals surface area contributed by atoms with Crippen molar-refractivity contribution < 1.29 is 27.1 Å². The van der Waals surface area contributed by atoms with Crippen LogP contribution in [0.25, 0.3) is 11.4 Å². The topological polar surface area (TPSA) is 89.0 Å². The van der Waals surface area contributed by atoms with Gasteiger partial charge in [0.1, 0.15) is 5.82 Å². The van der Waals surface area contributed by atoms with Gasteiger partial charge in [0, 0.05) is 17.8 Å². The van der Waals surface area contributed by atoms with Crippen LogP contribution in [0.4, 0.5) is 35.1 Å². The molecule has 1 aromatic heterocycles. The van der Waals surface area contributed by atoms with E-state index in [0.29, 0.717) is 11.1 Å². The Balaban J connectivity index is 1.66. The van der Waals surface area contributed by atoms with Gasteiger partial charge in [-0.15, -0.1) is 0 Å². The summed E-state index contributed by atoms with van der Waals surface area (Å²) in [5, 5.41) is 5.80. The van der Waals surface area contributed by atoms with Crippen molar-refractivity contribution in [2.45, 2.75) is 12.7 Å². The Hall–Kier alpha value is -4.54. The van der Waals surface area contributed by atoms with Gasteiger partial charge in [-0.3, -0.25) is 0 Å². The van der Waals surface area contributed by atoms with E-state index in [1.165, 1.54) is 43.5 Å². The predicted molar refractivity (Wildman–Crippen MR) is 125 cm³/mol. The van der Waals surface area contributed by atoms with Crippen molar-refractivity contribution in [1.82, 2.24) is 15.0 Å². The fraction of sp³-hybridized carbons (Fsp3) is 0.120. The number of hydrogen-bond acceptors (Lipinski definition) is 7. The van der Waals surface area contributed by atoms with E-state index in [1.54, 1.807) is 24.3 Å². The Kier molecular flexibility index (Phi) is 7.09. The highest BCUT2D eigenvalue weighted by molar-refractivity contribution is 5.89. The molecular weight excluding hydrogens is 478 g/mol. The lowest BCUT2D eigenvalue weighted by Gasteiger charge is -2.12. The number of rotatable bonds is 7. The third-order valence-corrected chi connectivity index (χ3v) is 5.01. The molecule has 0 bridgehead atoms. The molecule has 0 unspecified atom stereocenters. The van der Waals surface area contributed by atoms with Gasteiger partial charge in [-0.2, -0.15) is 28.1 Å². The molecule has 7 nitrogen and oxygen atoms in total. The highest BCUT2D eigenvalue weighted by Crippen LogP contribution is 2.31. The van der Waals surface area contributed by atoms with Gasteiger partial charge in [0.05, 0.1) is 18.2 Å². The molecule has 1 heterocycles. The quantitative estimate of drug-likeness (QED) is 0.245. The SMILES string of the molecule is COC(=O)c1ccc(-c2nc(NCc3ccc(F)cc3)nc(Nc3cccc(C(F)(F)F)c3)n2)cc1. The second-order valence-electron chi connectivity index (χ2n) is 7.56. The molecule has 0 atom stereocenters. The van der Waals surface area contributed by atoms with Crippen molar-refractivity contribution in [2.75, 3.05) is 17.7 Å². The van der Waals surface area contributed by atoms with Crippen LogP contribution < -0.4 is 10.6 Å². The highest BCUT2D eigenvalue weighted by atomic mass is 19.4. The maximum atomic E-state index is 13.2. The number of nitrogens with one attached hydrogen (secondary N) is 2. The van der Waals surface area contributed by atoms with E-state index in [-0.39, 0.29) is 35.8 Å². The van der Waals surface area contributed by atoms with Gasteiger partial charge >= 0.3 is 12.1 Å². The number of carbonyl (C=O) groups excluding carboxylic acids is 1. The van der Waals surface area contributed by atoms with E-state index >= 15 is 0 Å². The molecule has 4 aromatic rings. The van der Waals surface area contributed by atoms with Crippen molar-refractivity contribution >= 4 is 23.6 Å². The molecule has 0 amide bonds. The van der Waals surface area contributed by atoms with Crippen molar-refractivity contribution in [2.24, 2.45) is 0 Å². The fourth-order valence-corrected chi connectivity index (χ4v) is 3.20. The van der Waals surface area contributed by atoms with E-state index in [2.05, 4.69) is 25.6 Å². The third-order valence-electron chi connectivity index (χ3n) is 5.01. The number of methoxy groups -OCH3 is 1. The summed E-state index contributed by atoms with van der Waals surface area (Å²) in [6.07, 6.45) is -4.51. The molecule has 11 heteroatoms. The van der Waals surface area contributed by atoms with Gasteiger partial charge in [-0.05, 0) is 48.0 Å². The van der Waals surface area contributed by atoms with Crippen molar-refractivity contribution in [3.05, 3.63) is 95.3 Å². The molecule has 0 saturated carbocycles. The monoisotopic (exact) mass is 497 g/mol. The van der Waals surface area contributed by atoms with Crippen LogP contribution in [0.15, 0.2) is 72.8 Å². The molecule has 3 aromatic carbocycles. The van der Waals surface area contributed by atoms with Crippen LogP contribution in [0.1, 0.15) is 21.5 Å². The summed E-state index contributed by atoms with van der Waals surface area (Å²) in [4.78, 5) is 24.7. The minimum Gasteiger partial charge on any atom is -0.465 e. The molecular formula is C25H19F4N5O2. The summed E-state index contributed by atoms with van der Waals surface area (Å²) in [7, 11) is 1.27. The number of alkyl halides is 3. The second-order valence-corrected chi connectivity index (χ2v) is 7.56. The van der Waals surface area contributed by atoms with Gasteiger partial charge < -0.3 is 15.4 Å². The predicted octanol–water partition coefficient (Wildman–Crippen LogP) is 5.84. The number of ether oxygens (including phenoxy) is 1. The Morgan fingerprint density at radius 2 is 1.61 bits per heavy atom. The van der Waals surface area contributed by atoms with Crippen LogP contribution in [0.3, 0.4) is 0 Å². The standard InChI is InChI=1S/C25H19F4N5O2/c1-36-22(35)17-9-7-16(8-10-17)21-32-23(30-14-15-5-11-19(26)12-6-15)34-24(33-21)31-20-4-2-3-18(13-20)25(27,28)29/h2-13H,14H2,1H3,(H2,30,31,32,33,34). The molecule has 0 radical (unpaired) electrons. The van der Waals surface area contributed by atoms with Crippen LogP contribution in [0, 0.1) is 5.82 Å². The zero-order chi connectivity index (χ0) is 25.7. The Labute approximate surface area is 203 Å². The third kappa shape index (κ3) is 6.12. The molecule has 36 heavy (non-hydrogen) atoms. The first-order chi connectivity index (χ1) is 17.2. The van der Waals surface area contributed by atoms with Crippen LogP contribution in [-0.2, 0) is 17.5 Å².